The number of rotatable bonds is 4. The highest BCUT2D eigenvalue weighted by Gasteiger charge is 2.35. The monoisotopic (exact) mass is 286 g/mol. The molecule has 0 amide bonds. The van der Waals surface area contributed by atoms with Crippen molar-refractivity contribution in [3.05, 3.63) is 29.3 Å². The van der Waals surface area contributed by atoms with E-state index in [1.807, 2.05) is 0 Å². The minimum atomic E-state index is -4.62. The first-order valence-corrected chi connectivity index (χ1v) is 5.77. The minimum absolute atomic E-state index is 0.154. The fraction of sp³-hybridized carbons (Fsp3) is 0.385. The second-order valence-corrected chi connectivity index (χ2v) is 4.49. The molecule has 1 unspecified atom stereocenters. The van der Waals surface area contributed by atoms with Crippen molar-refractivity contribution in [3.8, 4) is 6.07 Å². The number of hydrogen-bond acceptors (Lipinski definition) is 3. The van der Waals surface area contributed by atoms with Crippen LogP contribution in [0.5, 0.6) is 0 Å². The van der Waals surface area contributed by atoms with Crippen LogP contribution in [0.1, 0.15) is 31.4 Å². The maximum atomic E-state index is 12.6. The van der Waals surface area contributed by atoms with Gasteiger partial charge in [-0.1, -0.05) is 6.92 Å². The van der Waals surface area contributed by atoms with Gasteiger partial charge in [0.25, 0.3) is 0 Å². The van der Waals surface area contributed by atoms with Crippen molar-refractivity contribution in [1.82, 2.24) is 0 Å². The van der Waals surface area contributed by atoms with E-state index in [0.29, 0.717) is 0 Å². The molecule has 0 saturated heterocycles. The van der Waals surface area contributed by atoms with Crippen molar-refractivity contribution in [3.63, 3.8) is 0 Å². The molecular weight excluding hydrogens is 273 g/mol. The summed E-state index contributed by atoms with van der Waals surface area (Å²) < 4.78 is 37.9. The van der Waals surface area contributed by atoms with Crippen molar-refractivity contribution < 1.29 is 23.1 Å². The van der Waals surface area contributed by atoms with Gasteiger partial charge in [-0.3, -0.25) is 0 Å². The zero-order valence-corrected chi connectivity index (χ0v) is 10.9. The molecule has 0 saturated carbocycles. The van der Waals surface area contributed by atoms with Crippen LogP contribution in [0.25, 0.3) is 0 Å². The number of benzene rings is 1. The Balaban J connectivity index is 3.19. The molecule has 0 heterocycles. The lowest BCUT2D eigenvalue weighted by Crippen LogP contribution is -2.42. The SMILES string of the molecule is CCC(C)(Nc1ccc(C(F)(F)F)c(C#N)c1)C(=O)O. The van der Waals surface area contributed by atoms with Gasteiger partial charge in [0.05, 0.1) is 17.2 Å². The van der Waals surface area contributed by atoms with E-state index in [0.717, 1.165) is 18.2 Å². The molecule has 0 fully saturated rings. The summed E-state index contributed by atoms with van der Waals surface area (Å²) in [5.41, 5.74) is -2.75. The summed E-state index contributed by atoms with van der Waals surface area (Å²) in [6.45, 7) is 3.05. The molecule has 2 N–H and O–H groups in total. The third-order valence-electron chi connectivity index (χ3n) is 3.04. The molecule has 0 aliphatic heterocycles. The molecule has 1 atom stereocenters. The number of carboxylic acid groups (broad SMARTS) is 1. The van der Waals surface area contributed by atoms with Crippen LogP contribution in [-0.2, 0) is 11.0 Å². The number of carboxylic acids is 1. The fourth-order valence-corrected chi connectivity index (χ4v) is 1.57. The summed E-state index contributed by atoms with van der Waals surface area (Å²) in [7, 11) is 0. The van der Waals surface area contributed by atoms with Gasteiger partial charge in [-0.2, -0.15) is 18.4 Å². The van der Waals surface area contributed by atoms with Gasteiger partial charge in [-0.15, -0.1) is 0 Å². The minimum Gasteiger partial charge on any atom is -0.480 e. The smallest absolute Gasteiger partial charge is 0.417 e. The Bertz CT molecular complexity index is 564. The van der Waals surface area contributed by atoms with Gasteiger partial charge in [0, 0.05) is 5.69 Å². The first-order chi connectivity index (χ1) is 9.14. The van der Waals surface area contributed by atoms with E-state index in [1.54, 1.807) is 6.92 Å². The summed E-state index contributed by atoms with van der Waals surface area (Å²) in [6.07, 6.45) is -4.39. The third-order valence-corrected chi connectivity index (χ3v) is 3.04. The number of aliphatic carboxylic acids is 1. The number of anilines is 1. The maximum absolute atomic E-state index is 12.6. The molecule has 0 radical (unpaired) electrons. The lowest BCUT2D eigenvalue weighted by molar-refractivity contribution is -0.142. The van der Waals surface area contributed by atoms with Crippen LogP contribution in [0.15, 0.2) is 18.2 Å². The summed E-state index contributed by atoms with van der Waals surface area (Å²) in [4.78, 5) is 11.1. The van der Waals surface area contributed by atoms with E-state index < -0.39 is 28.8 Å². The molecule has 0 bridgehead atoms. The Morgan fingerprint density at radius 2 is 2.05 bits per heavy atom. The van der Waals surface area contributed by atoms with Gasteiger partial charge in [0.15, 0.2) is 0 Å². The summed E-state index contributed by atoms with van der Waals surface area (Å²) in [5.74, 6) is -1.13. The van der Waals surface area contributed by atoms with Crippen molar-refractivity contribution >= 4 is 11.7 Å². The van der Waals surface area contributed by atoms with Gasteiger partial charge in [0.1, 0.15) is 5.54 Å². The van der Waals surface area contributed by atoms with Crippen LogP contribution in [0.3, 0.4) is 0 Å². The number of nitrogens with zero attached hydrogens (tertiary/aromatic N) is 1. The predicted molar refractivity (Wildman–Crippen MR) is 66.1 cm³/mol. The average molecular weight is 286 g/mol. The zero-order valence-electron chi connectivity index (χ0n) is 10.9. The predicted octanol–water partition coefficient (Wildman–Crippen LogP) is 3.24. The Hall–Kier alpha value is -2.23. The van der Waals surface area contributed by atoms with E-state index >= 15 is 0 Å². The second-order valence-electron chi connectivity index (χ2n) is 4.49. The van der Waals surface area contributed by atoms with E-state index in [4.69, 9.17) is 10.4 Å². The first-order valence-electron chi connectivity index (χ1n) is 5.77. The van der Waals surface area contributed by atoms with E-state index in [-0.39, 0.29) is 12.1 Å². The normalized spacial score (nSPS) is 14.2. The first kappa shape index (κ1) is 15.8. The largest absolute Gasteiger partial charge is 0.480 e. The van der Waals surface area contributed by atoms with Crippen LogP contribution >= 0.6 is 0 Å². The highest BCUT2D eigenvalue weighted by molar-refractivity contribution is 5.82. The Morgan fingerprint density at radius 3 is 2.45 bits per heavy atom. The quantitative estimate of drug-likeness (QED) is 0.891. The molecule has 0 aromatic heterocycles. The number of alkyl halides is 3. The van der Waals surface area contributed by atoms with Crippen LogP contribution in [-0.4, -0.2) is 16.6 Å². The van der Waals surface area contributed by atoms with Crippen LogP contribution in [0.4, 0.5) is 18.9 Å². The van der Waals surface area contributed by atoms with E-state index in [1.165, 1.54) is 13.0 Å². The molecule has 1 aromatic rings. The molecule has 4 nitrogen and oxygen atoms in total. The lowest BCUT2D eigenvalue weighted by Gasteiger charge is -2.26. The van der Waals surface area contributed by atoms with Crippen molar-refractivity contribution in [2.45, 2.75) is 32.0 Å². The second kappa shape index (κ2) is 5.41. The summed E-state index contributed by atoms with van der Waals surface area (Å²) >= 11 is 0. The van der Waals surface area contributed by atoms with E-state index in [9.17, 15) is 18.0 Å². The van der Waals surface area contributed by atoms with Crippen molar-refractivity contribution in [2.75, 3.05) is 5.32 Å². The number of carbonyl (C=O) groups is 1. The van der Waals surface area contributed by atoms with Crippen LogP contribution < -0.4 is 5.32 Å². The molecule has 7 heteroatoms. The topological polar surface area (TPSA) is 73.1 Å². The zero-order chi connectivity index (χ0) is 15.6. The molecule has 1 aromatic carbocycles. The molecule has 108 valence electrons. The van der Waals surface area contributed by atoms with Gasteiger partial charge in [-0.25, -0.2) is 4.79 Å². The van der Waals surface area contributed by atoms with Crippen LogP contribution in [0, 0.1) is 11.3 Å². The highest BCUT2D eigenvalue weighted by Crippen LogP contribution is 2.33. The number of hydrogen-bond donors (Lipinski definition) is 2. The van der Waals surface area contributed by atoms with Gasteiger partial charge in [-0.05, 0) is 31.5 Å². The number of halogens is 3. The summed E-state index contributed by atoms with van der Waals surface area (Å²) in [5, 5.41) is 20.5. The molecule has 0 aliphatic carbocycles. The van der Waals surface area contributed by atoms with Crippen LogP contribution in [0.2, 0.25) is 0 Å². The van der Waals surface area contributed by atoms with Crippen molar-refractivity contribution in [1.29, 1.82) is 5.26 Å². The Morgan fingerprint density at radius 1 is 1.45 bits per heavy atom. The fourth-order valence-electron chi connectivity index (χ4n) is 1.57. The van der Waals surface area contributed by atoms with Gasteiger partial charge < -0.3 is 10.4 Å². The van der Waals surface area contributed by atoms with E-state index in [2.05, 4.69) is 5.32 Å². The Labute approximate surface area is 113 Å². The highest BCUT2D eigenvalue weighted by atomic mass is 19.4. The molecular formula is C13H13F3N2O2. The molecule has 1 rings (SSSR count). The maximum Gasteiger partial charge on any atom is 0.417 e. The molecule has 20 heavy (non-hydrogen) atoms. The average Bonchev–Trinajstić information content (AvgIpc) is 2.36. The lowest BCUT2D eigenvalue weighted by atomic mass is 9.98. The van der Waals surface area contributed by atoms with Gasteiger partial charge >= 0.3 is 12.1 Å². The molecule has 0 spiro atoms. The Kier molecular flexibility index (Phi) is 4.28. The molecule has 0 aliphatic rings. The third kappa shape index (κ3) is 3.20. The number of nitriles is 1. The number of nitrogens with one attached hydrogen (secondary N) is 1. The van der Waals surface area contributed by atoms with Crippen molar-refractivity contribution in [2.24, 2.45) is 0 Å². The standard InChI is InChI=1S/C13H13F3N2O2/c1-3-12(2,11(19)20)18-9-4-5-10(13(14,15)16)8(6-9)7-17/h4-6,18H,3H2,1-2H3,(H,19,20). The van der Waals surface area contributed by atoms with Gasteiger partial charge in [0.2, 0.25) is 0 Å². The summed E-state index contributed by atoms with van der Waals surface area (Å²) in [6, 6.07) is 4.34.